The summed E-state index contributed by atoms with van der Waals surface area (Å²) < 4.78 is 10.4. The first-order valence-electron chi connectivity index (χ1n) is 8.53. The Kier molecular flexibility index (Phi) is 5.56. The van der Waals surface area contributed by atoms with Gasteiger partial charge < -0.3 is 14.8 Å². The Balaban J connectivity index is 1.66. The molecule has 25 heavy (non-hydrogen) atoms. The molecule has 0 aliphatic carbocycles. The van der Waals surface area contributed by atoms with E-state index in [-0.39, 0.29) is 5.91 Å². The molecular weight excluding hydrogens is 316 g/mol. The Labute approximate surface area is 148 Å². The minimum Gasteiger partial charge on any atom is -0.497 e. The molecule has 0 unspecified atom stereocenters. The van der Waals surface area contributed by atoms with E-state index < -0.39 is 0 Å². The van der Waals surface area contributed by atoms with Gasteiger partial charge in [-0.25, -0.2) is 0 Å². The summed E-state index contributed by atoms with van der Waals surface area (Å²) in [5, 5.41) is 2.92. The number of nitrogens with zero attached hydrogens (tertiary/aromatic N) is 1. The quantitative estimate of drug-likeness (QED) is 0.874. The largest absolute Gasteiger partial charge is 0.497 e. The molecule has 0 bridgehead atoms. The number of nitrogens with one attached hydrogen (secondary N) is 1. The number of likely N-dealkylation sites (tertiary alicyclic amines) is 1. The smallest absolute Gasteiger partial charge is 0.255 e. The van der Waals surface area contributed by atoms with Crippen LogP contribution in [0, 0.1) is 0 Å². The van der Waals surface area contributed by atoms with Crippen LogP contribution in [0.1, 0.15) is 28.8 Å². The van der Waals surface area contributed by atoms with Gasteiger partial charge in [-0.15, -0.1) is 0 Å². The van der Waals surface area contributed by atoms with Crippen molar-refractivity contribution in [3.8, 4) is 11.5 Å². The molecule has 1 aliphatic rings. The minimum atomic E-state index is -0.190. The third-order valence-corrected chi connectivity index (χ3v) is 4.43. The van der Waals surface area contributed by atoms with Crippen molar-refractivity contribution in [3.05, 3.63) is 53.6 Å². The molecule has 1 heterocycles. The van der Waals surface area contributed by atoms with Gasteiger partial charge in [0.1, 0.15) is 11.5 Å². The van der Waals surface area contributed by atoms with Gasteiger partial charge in [0.05, 0.1) is 14.2 Å². The van der Waals surface area contributed by atoms with Gasteiger partial charge in [0, 0.05) is 23.9 Å². The van der Waals surface area contributed by atoms with E-state index in [1.54, 1.807) is 32.4 Å². The molecule has 1 aliphatic heterocycles. The summed E-state index contributed by atoms with van der Waals surface area (Å²) >= 11 is 0. The summed E-state index contributed by atoms with van der Waals surface area (Å²) in [5.74, 6) is 0.986. The lowest BCUT2D eigenvalue weighted by molar-refractivity contribution is 0.102. The van der Waals surface area contributed by atoms with E-state index in [4.69, 9.17) is 9.47 Å². The summed E-state index contributed by atoms with van der Waals surface area (Å²) in [6.45, 7) is 3.33. The van der Waals surface area contributed by atoms with Crippen LogP contribution in [0.2, 0.25) is 0 Å². The number of amides is 1. The van der Waals surface area contributed by atoms with E-state index in [1.807, 2.05) is 12.1 Å². The molecular formula is C20H24N2O3. The molecule has 132 valence electrons. The highest BCUT2D eigenvalue weighted by Crippen LogP contribution is 2.23. The average Bonchev–Trinajstić information content (AvgIpc) is 3.15. The number of hydrogen-bond donors (Lipinski definition) is 1. The third kappa shape index (κ3) is 4.51. The van der Waals surface area contributed by atoms with Crippen molar-refractivity contribution < 1.29 is 14.3 Å². The maximum atomic E-state index is 12.5. The highest BCUT2D eigenvalue weighted by atomic mass is 16.5. The number of rotatable bonds is 6. The van der Waals surface area contributed by atoms with Crippen LogP contribution in [0.4, 0.5) is 5.69 Å². The Bertz CT molecular complexity index is 700. The second-order valence-electron chi connectivity index (χ2n) is 6.24. The Morgan fingerprint density at radius 1 is 1.00 bits per heavy atom. The van der Waals surface area contributed by atoms with Crippen LogP contribution in [0.25, 0.3) is 0 Å². The first-order chi connectivity index (χ1) is 12.2. The fraction of sp³-hybridized carbons (Fsp3) is 0.350. The molecule has 1 N–H and O–H groups in total. The van der Waals surface area contributed by atoms with Crippen molar-refractivity contribution in [2.75, 3.05) is 32.6 Å². The van der Waals surface area contributed by atoms with Crippen molar-refractivity contribution in [2.45, 2.75) is 19.4 Å². The SMILES string of the molecule is COc1cc(OC)cc(C(=O)Nc2ccc(CN3CCCC3)cc2)c1. The van der Waals surface area contributed by atoms with Crippen LogP contribution in [0.15, 0.2) is 42.5 Å². The van der Waals surface area contributed by atoms with Crippen LogP contribution in [-0.4, -0.2) is 38.1 Å². The Morgan fingerprint density at radius 2 is 1.60 bits per heavy atom. The molecule has 5 nitrogen and oxygen atoms in total. The van der Waals surface area contributed by atoms with Gasteiger partial charge in [0.25, 0.3) is 5.91 Å². The fourth-order valence-corrected chi connectivity index (χ4v) is 3.03. The topological polar surface area (TPSA) is 50.8 Å². The van der Waals surface area contributed by atoms with E-state index in [0.717, 1.165) is 12.2 Å². The van der Waals surface area contributed by atoms with Crippen molar-refractivity contribution in [1.82, 2.24) is 4.90 Å². The zero-order chi connectivity index (χ0) is 17.6. The van der Waals surface area contributed by atoms with Gasteiger partial charge in [-0.05, 0) is 55.8 Å². The van der Waals surface area contributed by atoms with E-state index in [1.165, 1.54) is 31.5 Å². The van der Waals surface area contributed by atoms with Crippen LogP contribution >= 0.6 is 0 Å². The first-order valence-corrected chi connectivity index (χ1v) is 8.53. The molecule has 2 aromatic rings. The van der Waals surface area contributed by atoms with Gasteiger partial charge in [-0.2, -0.15) is 0 Å². The number of anilines is 1. The number of benzene rings is 2. The van der Waals surface area contributed by atoms with Crippen molar-refractivity contribution in [3.63, 3.8) is 0 Å². The van der Waals surface area contributed by atoms with Crippen LogP contribution in [0.5, 0.6) is 11.5 Å². The van der Waals surface area contributed by atoms with E-state index in [2.05, 4.69) is 22.3 Å². The van der Waals surface area contributed by atoms with E-state index in [9.17, 15) is 4.79 Å². The predicted molar refractivity (Wildman–Crippen MR) is 98.5 cm³/mol. The van der Waals surface area contributed by atoms with Gasteiger partial charge in [0.2, 0.25) is 0 Å². The molecule has 0 spiro atoms. The lowest BCUT2D eigenvalue weighted by atomic mass is 10.1. The van der Waals surface area contributed by atoms with Crippen LogP contribution in [-0.2, 0) is 6.54 Å². The molecule has 0 saturated carbocycles. The molecule has 2 aromatic carbocycles. The average molecular weight is 340 g/mol. The fourth-order valence-electron chi connectivity index (χ4n) is 3.03. The maximum Gasteiger partial charge on any atom is 0.255 e. The second-order valence-corrected chi connectivity index (χ2v) is 6.24. The van der Waals surface area contributed by atoms with Gasteiger partial charge in [0.15, 0.2) is 0 Å². The van der Waals surface area contributed by atoms with E-state index >= 15 is 0 Å². The highest BCUT2D eigenvalue weighted by Gasteiger charge is 2.13. The summed E-state index contributed by atoms with van der Waals surface area (Å²) in [6.07, 6.45) is 2.58. The van der Waals surface area contributed by atoms with Gasteiger partial charge in [-0.3, -0.25) is 9.69 Å². The number of carbonyl (C=O) groups excluding carboxylic acids is 1. The lowest BCUT2D eigenvalue weighted by Crippen LogP contribution is -2.18. The normalized spacial score (nSPS) is 14.3. The molecule has 3 rings (SSSR count). The summed E-state index contributed by atoms with van der Waals surface area (Å²) in [5.41, 5.74) is 2.54. The zero-order valence-electron chi connectivity index (χ0n) is 14.7. The van der Waals surface area contributed by atoms with Gasteiger partial charge in [-0.1, -0.05) is 12.1 Å². The van der Waals surface area contributed by atoms with Crippen LogP contribution < -0.4 is 14.8 Å². The van der Waals surface area contributed by atoms with Crippen LogP contribution in [0.3, 0.4) is 0 Å². The minimum absolute atomic E-state index is 0.190. The van der Waals surface area contributed by atoms with Crippen molar-refractivity contribution >= 4 is 11.6 Å². The monoisotopic (exact) mass is 340 g/mol. The number of ether oxygens (including phenoxy) is 2. The van der Waals surface area contributed by atoms with Gasteiger partial charge >= 0.3 is 0 Å². The summed E-state index contributed by atoms with van der Waals surface area (Å²) in [7, 11) is 3.13. The third-order valence-electron chi connectivity index (χ3n) is 4.43. The Morgan fingerprint density at radius 3 is 2.16 bits per heavy atom. The molecule has 5 heteroatoms. The predicted octanol–water partition coefficient (Wildman–Crippen LogP) is 3.55. The number of hydrogen-bond acceptors (Lipinski definition) is 4. The molecule has 0 radical (unpaired) electrons. The number of methoxy groups -OCH3 is 2. The molecule has 1 saturated heterocycles. The first kappa shape index (κ1) is 17.3. The standard InChI is InChI=1S/C20H24N2O3/c1-24-18-11-16(12-19(13-18)25-2)20(23)21-17-7-5-15(6-8-17)14-22-9-3-4-10-22/h5-8,11-13H,3-4,9-10,14H2,1-2H3,(H,21,23). The lowest BCUT2D eigenvalue weighted by Gasteiger charge is -2.15. The zero-order valence-corrected chi connectivity index (χ0v) is 14.7. The molecule has 1 fully saturated rings. The van der Waals surface area contributed by atoms with Crippen molar-refractivity contribution in [1.29, 1.82) is 0 Å². The summed E-state index contributed by atoms with van der Waals surface area (Å²) in [6, 6.07) is 13.2. The molecule has 1 amide bonds. The van der Waals surface area contributed by atoms with Crippen molar-refractivity contribution in [2.24, 2.45) is 0 Å². The van der Waals surface area contributed by atoms with E-state index in [0.29, 0.717) is 17.1 Å². The number of carbonyl (C=O) groups is 1. The second kappa shape index (κ2) is 8.03. The highest BCUT2D eigenvalue weighted by molar-refractivity contribution is 6.04. The molecule has 0 aromatic heterocycles. The summed E-state index contributed by atoms with van der Waals surface area (Å²) in [4.78, 5) is 14.9. The maximum absolute atomic E-state index is 12.5. The molecule has 0 atom stereocenters. The Hall–Kier alpha value is -2.53.